The fraction of sp³-hybridized carbons (Fsp3) is 0. The second kappa shape index (κ2) is 6.29. The Labute approximate surface area is 140 Å². The van der Waals surface area contributed by atoms with E-state index in [2.05, 4.69) is 4.72 Å². The minimum absolute atomic E-state index is 0.0394. The maximum atomic E-state index is 12.3. The SMILES string of the molecule is O=[N+]([O-])c1ccccc1S(=O)(=O)Nc1cc(Cl)c(Cl)c(Cl)c1. The van der Waals surface area contributed by atoms with E-state index in [0.717, 1.165) is 12.1 Å². The maximum Gasteiger partial charge on any atom is 0.289 e. The first kappa shape index (κ1) is 16.8. The summed E-state index contributed by atoms with van der Waals surface area (Å²) < 4.78 is 26.8. The summed E-state index contributed by atoms with van der Waals surface area (Å²) >= 11 is 17.4. The zero-order chi connectivity index (χ0) is 16.5. The van der Waals surface area contributed by atoms with Crippen molar-refractivity contribution in [1.29, 1.82) is 0 Å². The Balaban J connectivity index is 2.47. The van der Waals surface area contributed by atoms with Gasteiger partial charge in [0.15, 0.2) is 4.90 Å². The van der Waals surface area contributed by atoms with Crippen LogP contribution in [0.2, 0.25) is 15.1 Å². The summed E-state index contributed by atoms with van der Waals surface area (Å²) in [5.41, 5.74) is -0.501. The van der Waals surface area contributed by atoms with Crippen molar-refractivity contribution in [2.45, 2.75) is 4.90 Å². The van der Waals surface area contributed by atoms with E-state index < -0.39 is 25.5 Å². The molecule has 1 N–H and O–H groups in total. The van der Waals surface area contributed by atoms with Gasteiger partial charge in [0.05, 0.1) is 25.7 Å². The first-order valence-electron chi connectivity index (χ1n) is 5.63. The molecule has 2 aromatic carbocycles. The van der Waals surface area contributed by atoms with Gasteiger partial charge in [-0.25, -0.2) is 8.42 Å². The lowest BCUT2D eigenvalue weighted by atomic mass is 10.3. The third-order valence-electron chi connectivity index (χ3n) is 2.59. The van der Waals surface area contributed by atoms with Crippen LogP contribution in [-0.2, 0) is 10.0 Å². The van der Waals surface area contributed by atoms with Crippen molar-refractivity contribution in [2.24, 2.45) is 0 Å². The van der Waals surface area contributed by atoms with Crippen LogP contribution in [0.5, 0.6) is 0 Å². The quantitative estimate of drug-likeness (QED) is 0.484. The summed E-state index contributed by atoms with van der Waals surface area (Å²) in [7, 11) is -4.19. The van der Waals surface area contributed by atoms with Gasteiger partial charge in [-0.15, -0.1) is 0 Å². The molecule has 0 amide bonds. The first-order valence-corrected chi connectivity index (χ1v) is 8.25. The second-order valence-electron chi connectivity index (χ2n) is 4.08. The Morgan fingerprint density at radius 3 is 2.14 bits per heavy atom. The topological polar surface area (TPSA) is 89.3 Å². The smallest absolute Gasteiger partial charge is 0.279 e. The molecule has 0 heterocycles. The minimum Gasteiger partial charge on any atom is -0.279 e. The van der Waals surface area contributed by atoms with E-state index in [1.165, 1.54) is 24.3 Å². The van der Waals surface area contributed by atoms with Crippen LogP contribution in [0.3, 0.4) is 0 Å². The normalized spacial score (nSPS) is 11.2. The highest BCUT2D eigenvalue weighted by Crippen LogP contribution is 2.34. The molecule has 0 bridgehead atoms. The van der Waals surface area contributed by atoms with Crippen LogP contribution in [0, 0.1) is 10.1 Å². The zero-order valence-corrected chi connectivity index (χ0v) is 13.7. The third kappa shape index (κ3) is 3.44. The molecule has 2 aromatic rings. The van der Waals surface area contributed by atoms with Crippen molar-refractivity contribution >= 4 is 56.2 Å². The molecule has 22 heavy (non-hydrogen) atoms. The molecule has 116 valence electrons. The summed E-state index contributed by atoms with van der Waals surface area (Å²) in [4.78, 5) is 9.68. The number of nitro benzene ring substituents is 1. The molecule has 0 unspecified atom stereocenters. The number of nitro groups is 1. The Bertz CT molecular complexity index is 832. The number of para-hydroxylation sites is 1. The molecule has 2 rings (SSSR count). The van der Waals surface area contributed by atoms with Crippen molar-refractivity contribution in [3.05, 3.63) is 61.6 Å². The number of nitrogens with zero attached hydrogens (tertiary/aromatic N) is 1. The molecule has 6 nitrogen and oxygen atoms in total. The predicted molar refractivity (Wildman–Crippen MR) is 85.4 cm³/mol. The van der Waals surface area contributed by atoms with E-state index in [-0.39, 0.29) is 20.8 Å². The number of benzene rings is 2. The summed E-state index contributed by atoms with van der Waals surface area (Å²) in [6, 6.07) is 7.47. The van der Waals surface area contributed by atoms with Crippen LogP contribution in [0.1, 0.15) is 0 Å². The molecule has 0 fully saturated rings. The molecule has 0 spiro atoms. The van der Waals surface area contributed by atoms with Crippen LogP contribution < -0.4 is 4.72 Å². The second-order valence-corrected chi connectivity index (χ2v) is 6.93. The van der Waals surface area contributed by atoms with Gasteiger partial charge in [-0.05, 0) is 18.2 Å². The standard InChI is InChI=1S/C12H7Cl3N2O4S/c13-8-5-7(6-9(14)12(8)15)16-22(20,21)11-4-2-1-3-10(11)17(18)19/h1-6,16H. The molecule has 0 aromatic heterocycles. The Morgan fingerprint density at radius 2 is 1.59 bits per heavy atom. The van der Waals surface area contributed by atoms with Gasteiger partial charge in [0.25, 0.3) is 15.7 Å². The fourth-order valence-electron chi connectivity index (χ4n) is 1.66. The number of sulfonamides is 1. The van der Waals surface area contributed by atoms with Gasteiger partial charge in [0.1, 0.15) is 0 Å². The van der Waals surface area contributed by atoms with Crippen molar-refractivity contribution in [3.8, 4) is 0 Å². The Morgan fingerprint density at radius 1 is 1.05 bits per heavy atom. The van der Waals surface area contributed by atoms with Gasteiger partial charge < -0.3 is 0 Å². The average Bonchev–Trinajstić information content (AvgIpc) is 2.44. The van der Waals surface area contributed by atoms with E-state index in [1.54, 1.807) is 0 Å². The largest absolute Gasteiger partial charge is 0.289 e. The molecule has 10 heteroatoms. The van der Waals surface area contributed by atoms with Crippen LogP contribution in [0.15, 0.2) is 41.3 Å². The predicted octanol–water partition coefficient (Wildman–Crippen LogP) is 4.36. The number of rotatable bonds is 4. The van der Waals surface area contributed by atoms with Crippen LogP contribution in [0.4, 0.5) is 11.4 Å². The van der Waals surface area contributed by atoms with E-state index in [9.17, 15) is 18.5 Å². The van der Waals surface area contributed by atoms with Crippen LogP contribution in [-0.4, -0.2) is 13.3 Å². The lowest BCUT2D eigenvalue weighted by molar-refractivity contribution is -0.387. The van der Waals surface area contributed by atoms with Crippen LogP contribution in [0.25, 0.3) is 0 Å². The van der Waals surface area contributed by atoms with E-state index >= 15 is 0 Å². The minimum atomic E-state index is -4.19. The van der Waals surface area contributed by atoms with Crippen LogP contribution >= 0.6 is 34.8 Å². The highest BCUT2D eigenvalue weighted by molar-refractivity contribution is 7.92. The van der Waals surface area contributed by atoms with Crippen molar-refractivity contribution in [2.75, 3.05) is 4.72 Å². The molecule has 0 saturated carbocycles. The average molecular weight is 382 g/mol. The van der Waals surface area contributed by atoms with Gasteiger partial charge in [-0.3, -0.25) is 14.8 Å². The molecular formula is C12H7Cl3N2O4S. The van der Waals surface area contributed by atoms with Crippen molar-refractivity contribution in [3.63, 3.8) is 0 Å². The summed E-state index contributed by atoms with van der Waals surface area (Å²) in [6.45, 7) is 0. The summed E-state index contributed by atoms with van der Waals surface area (Å²) in [6.07, 6.45) is 0. The number of hydrogen-bond donors (Lipinski definition) is 1. The van der Waals surface area contributed by atoms with E-state index in [1.807, 2.05) is 0 Å². The van der Waals surface area contributed by atoms with E-state index in [4.69, 9.17) is 34.8 Å². The summed E-state index contributed by atoms with van der Waals surface area (Å²) in [5, 5.41) is 11.1. The molecule has 0 radical (unpaired) electrons. The first-order chi connectivity index (χ1) is 10.2. The molecule has 0 atom stereocenters. The number of nitrogens with one attached hydrogen (secondary N) is 1. The molecule has 0 aliphatic carbocycles. The van der Waals surface area contributed by atoms with Gasteiger partial charge >= 0.3 is 0 Å². The number of halogens is 3. The lowest BCUT2D eigenvalue weighted by Crippen LogP contribution is -2.14. The number of hydrogen-bond acceptors (Lipinski definition) is 4. The van der Waals surface area contributed by atoms with E-state index in [0.29, 0.717) is 0 Å². The van der Waals surface area contributed by atoms with Gasteiger partial charge in [0, 0.05) is 6.07 Å². The molecule has 0 aliphatic rings. The molecule has 0 aliphatic heterocycles. The Hall–Kier alpha value is -1.54. The maximum absolute atomic E-state index is 12.3. The van der Waals surface area contributed by atoms with Gasteiger partial charge in [-0.2, -0.15) is 0 Å². The Kier molecular flexibility index (Phi) is 4.81. The van der Waals surface area contributed by atoms with Crippen molar-refractivity contribution in [1.82, 2.24) is 0 Å². The third-order valence-corrected chi connectivity index (χ3v) is 5.21. The van der Waals surface area contributed by atoms with Crippen molar-refractivity contribution < 1.29 is 13.3 Å². The van der Waals surface area contributed by atoms with Gasteiger partial charge in [-0.1, -0.05) is 46.9 Å². The monoisotopic (exact) mass is 380 g/mol. The van der Waals surface area contributed by atoms with Gasteiger partial charge in [0.2, 0.25) is 0 Å². The highest BCUT2D eigenvalue weighted by Gasteiger charge is 2.25. The molecular weight excluding hydrogens is 375 g/mol. The zero-order valence-electron chi connectivity index (χ0n) is 10.6. The number of anilines is 1. The fourth-order valence-corrected chi connectivity index (χ4v) is 3.47. The lowest BCUT2D eigenvalue weighted by Gasteiger charge is -2.10. The summed E-state index contributed by atoms with van der Waals surface area (Å²) in [5.74, 6) is 0. The highest BCUT2D eigenvalue weighted by atomic mass is 35.5. The molecule has 0 saturated heterocycles.